The van der Waals surface area contributed by atoms with E-state index in [0.29, 0.717) is 6.04 Å². The third-order valence-corrected chi connectivity index (χ3v) is 4.18. The second kappa shape index (κ2) is 5.29. The Bertz CT molecular complexity index is 619. The molecule has 0 amide bonds. The van der Waals surface area contributed by atoms with E-state index < -0.39 is 0 Å². The fourth-order valence-electron chi connectivity index (χ4n) is 2.78. The molecule has 0 radical (unpaired) electrons. The second-order valence-corrected chi connectivity index (χ2v) is 5.79. The van der Waals surface area contributed by atoms with Gasteiger partial charge in [-0.1, -0.05) is 24.3 Å². The molecular weight excluding hydrogens is 244 g/mol. The lowest BCUT2D eigenvalue weighted by molar-refractivity contribution is 0.568. The summed E-state index contributed by atoms with van der Waals surface area (Å²) in [7, 11) is 0. The molecule has 2 aromatic rings. The molecule has 1 aliphatic rings. The summed E-state index contributed by atoms with van der Waals surface area (Å²) in [5, 5.41) is 3.58. The van der Waals surface area contributed by atoms with Gasteiger partial charge in [0.15, 0.2) is 0 Å². The van der Waals surface area contributed by atoms with Crippen LogP contribution in [-0.4, -0.2) is 12.6 Å². The standard InChI is InChI=1S/C18H22N2/c1-13-8-9-17(10-14(13)2)20-12-15(3)19-11-16-6-4-5-7-18(16)20/h4-10,15,19H,11-12H2,1-3H3. The van der Waals surface area contributed by atoms with Crippen molar-refractivity contribution >= 4 is 11.4 Å². The topological polar surface area (TPSA) is 15.3 Å². The summed E-state index contributed by atoms with van der Waals surface area (Å²) in [4.78, 5) is 2.44. The third-order valence-electron chi connectivity index (χ3n) is 4.18. The number of benzene rings is 2. The minimum Gasteiger partial charge on any atom is -0.340 e. The molecule has 1 unspecified atom stereocenters. The summed E-state index contributed by atoms with van der Waals surface area (Å²) < 4.78 is 0. The first-order valence-corrected chi connectivity index (χ1v) is 7.31. The van der Waals surface area contributed by atoms with Crippen LogP contribution in [0.1, 0.15) is 23.6 Å². The summed E-state index contributed by atoms with van der Waals surface area (Å²) >= 11 is 0. The Morgan fingerprint density at radius 2 is 1.85 bits per heavy atom. The molecule has 0 spiro atoms. The summed E-state index contributed by atoms with van der Waals surface area (Å²) in [6.07, 6.45) is 0. The van der Waals surface area contributed by atoms with Crippen LogP contribution < -0.4 is 10.2 Å². The van der Waals surface area contributed by atoms with E-state index in [2.05, 4.69) is 73.5 Å². The van der Waals surface area contributed by atoms with Crippen molar-refractivity contribution in [2.45, 2.75) is 33.4 Å². The summed E-state index contributed by atoms with van der Waals surface area (Å²) in [6.45, 7) is 8.54. The van der Waals surface area contributed by atoms with Crippen LogP contribution in [0, 0.1) is 13.8 Å². The van der Waals surface area contributed by atoms with Gasteiger partial charge in [0.1, 0.15) is 0 Å². The molecule has 1 aliphatic heterocycles. The van der Waals surface area contributed by atoms with Gasteiger partial charge in [0.05, 0.1) is 0 Å². The summed E-state index contributed by atoms with van der Waals surface area (Å²) in [5.41, 5.74) is 6.69. The minimum absolute atomic E-state index is 0.476. The normalized spacial score (nSPS) is 18.6. The van der Waals surface area contributed by atoms with E-state index in [1.54, 1.807) is 0 Å². The van der Waals surface area contributed by atoms with E-state index in [4.69, 9.17) is 0 Å². The zero-order chi connectivity index (χ0) is 14.1. The van der Waals surface area contributed by atoms with Gasteiger partial charge in [0.25, 0.3) is 0 Å². The van der Waals surface area contributed by atoms with E-state index >= 15 is 0 Å². The average Bonchev–Trinajstić information content (AvgIpc) is 2.62. The molecule has 0 saturated heterocycles. The molecule has 104 valence electrons. The number of nitrogens with one attached hydrogen (secondary N) is 1. The molecule has 3 rings (SSSR count). The summed E-state index contributed by atoms with van der Waals surface area (Å²) in [5.74, 6) is 0. The first-order chi connectivity index (χ1) is 9.65. The fraction of sp³-hybridized carbons (Fsp3) is 0.333. The maximum atomic E-state index is 3.58. The maximum Gasteiger partial charge on any atom is 0.0456 e. The van der Waals surface area contributed by atoms with Crippen LogP contribution in [-0.2, 0) is 6.54 Å². The highest BCUT2D eigenvalue weighted by Gasteiger charge is 2.19. The van der Waals surface area contributed by atoms with Crippen molar-refractivity contribution in [3.63, 3.8) is 0 Å². The number of aryl methyl sites for hydroxylation is 2. The number of nitrogens with zero attached hydrogens (tertiary/aromatic N) is 1. The molecule has 2 nitrogen and oxygen atoms in total. The highest BCUT2D eigenvalue weighted by Crippen LogP contribution is 2.31. The molecule has 1 N–H and O–H groups in total. The van der Waals surface area contributed by atoms with Gasteiger partial charge in [-0.15, -0.1) is 0 Å². The van der Waals surface area contributed by atoms with Crippen LogP contribution in [0.5, 0.6) is 0 Å². The van der Waals surface area contributed by atoms with Crippen LogP contribution in [0.2, 0.25) is 0 Å². The third kappa shape index (κ3) is 2.44. The van der Waals surface area contributed by atoms with Crippen molar-refractivity contribution < 1.29 is 0 Å². The number of anilines is 2. The molecule has 1 heterocycles. The van der Waals surface area contributed by atoms with E-state index in [9.17, 15) is 0 Å². The van der Waals surface area contributed by atoms with Gasteiger partial charge >= 0.3 is 0 Å². The van der Waals surface area contributed by atoms with Gasteiger partial charge < -0.3 is 10.2 Å². The Hall–Kier alpha value is -1.80. The van der Waals surface area contributed by atoms with Crippen LogP contribution in [0.15, 0.2) is 42.5 Å². The van der Waals surface area contributed by atoms with Crippen molar-refractivity contribution in [2.24, 2.45) is 0 Å². The van der Waals surface area contributed by atoms with Gasteiger partial charge in [-0.3, -0.25) is 0 Å². The predicted octanol–water partition coefficient (Wildman–Crippen LogP) is 3.93. The average molecular weight is 266 g/mol. The van der Waals surface area contributed by atoms with Crippen molar-refractivity contribution in [2.75, 3.05) is 11.4 Å². The van der Waals surface area contributed by atoms with Gasteiger partial charge in [-0.25, -0.2) is 0 Å². The minimum atomic E-state index is 0.476. The van der Waals surface area contributed by atoms with Crippen molar-refractivity contribution in [3.8, 4) is 0 Å². The molecule has 2 heteroatoms. The van der Waals surface area contributed by atoms with Crippen molar-refractivity contribution in [1.82, 2.24) is 5.32 Å². The van der Waals surface area contributed by atoms with E-state index in [-0.39, 0.29) is 0 Å². The number of hydrogen-bond donors (Lipinski definition) is 1. The van der Waals surface area contributed by atoms with E-state index in [1.165, 1.54) is 28.1 Å². The molecule has 0 aromatic heterocycles. The lowest BCUT2D eigenvalue weighted by atomic mass is 10.1. The number of rotatable bonds is 1. The zero-order valence-corrected chi connectivity index (χ0v) is 12.5. The first-order valence-electron chi connectivity index (χ1n) is 7.31. The molecule has 2 aromatic carbocycles. The summed E-state index contributed by atoms with van der Waals surface area (Å²) in [6, 6.07) is 15.9. The molecule has 20 heavy (non-hydrogen) atoms. The Morgan fingerprint density at radius 1 is 1.05 bits per heavy atom. The highest BCUT2D eigenvalue weighted by atomic mass is 15.2. The Labute approximate surface area is 121 Å². The zero-order valence-electron chi connectivity index (χ0n) is 12.5. The monoisotopic (exact) mass is 266 g/mol. The van der Waals surface area contributed by atoms with Gasteiger partial charge in [-0.2, -0.15) is 0 Å². The van der Waals surface area contributed by atoms with Crippen LogP contribution in [0.25, 0.3) is 0 Å². The Kier molecular flexibility index (Phi) is 3.49. The lowest BCUT2D eigenvalue weighted by Gasteiger charge is -2.27. The second-order valence-electron chi connectivity index (χ2n) is 5.79. The maximum absolute atomic E-state index is 3.58. The number of para-hydroxylation sites is 1. The van der Waals surface area contributed by atoms with Crippen molar-refractivity contribution in [1.29, 1.82) is 0 Å². The fourth-order valence-corrected chi connectivity index (χ4v) is 2.78. The highest BCUT2D eigenvalue weighted by molar-refractivity contribution is 5.68. The van der Waals surface area contributed by atoms with Crippen LogP contribution in [0.4, 0.5) is 11.4 Å². The SMILES string of the molecule is Cc1ccc(N2CC(C)NCc3ccccc32)cc1C. The smallest absolute Gasteiger partial charge is 0.0456 e. The first kappa shape index (κ1) is 13.2. The molecule has 0 saturated carbocycles. The quantitative estimate of drug-likeness (QED) is 0.841. The van der Waals surface area contributed by atoms with Gasteiger partial charge in [-0.05, 0) is 55.7 Å². The van der Waals surface area contributed by atoms with Gasteiger partial charge in [0, 0.05) is 30.5 Å². The largest absolute Gasteiger partial charge is 0.340 e. The van der Waals surface area contributed by atoms with Crippen molar-refractivity contribution in [3.05, 3.63) is 59.2 Å². The van der Waals surface area contributed by atoms with Crippen LogP contribution >= 0.6 is 0 Å². The van der Waals surface area contributed by atoms with Crippen LogP contribution in [0.3, 0.4) is 0 Å². The van der Waals surface area contributed by atoms with Gasteiger partial charge in [0.2, 0.25) is 0 Å². The molecule has 0 aliphatic carbocycles. The Morgan fingerprint density at radius 3 is 2.65 bits per heavy atom. The molecular formula is C18H22N2. The number of fused-ring (bicyclic) bond motifs is 1. The molecule has 0 fully saturated rings. The lowest BCUT2D eigenvalue weighted by Crippen LogP contribution is -2.33. The van der Waals surface area contributed by atoms with E-state index in [0.717, 1.165) is 13.1 Å². The Balaban J connectivity index is 2.08. The van der Waals surface area contributed by atoms with E-state index in [1.807, 2.05) is 0 Å². The number of hydrogen-bond acceptors (Lipinski definition) is 2. The molecule has 0 bridgehead atoms. The predicted molar refractivity (Wildman–Crippen MR) is 85.7 cm³/mol. The molecule has 1 atom stereocenters.